The average Bonchev–Trinajstić information content (AvgIpc) is 2.53. The standard InChI is InChI=1S/C18H20O5/c1-12(19)13(2)23-17-9-15(18(20)21)8-16(10-17)22-11-14-6-4-3-5-7-14/h3-10,12-13,19H,11H2,1-2H3,(H,20,21)/t12-,13-/m0/s1. The van der Waals surface area contributed by atoms with Gasteiger partial charge in [0, 0.05) is 6.07 Å². The van der Waals surface area contributed by atoms with Crippen LogP contribution in [0.3, 0.4) is 0 Å². The van der Waals surface area contributed by atoms with Crippen molar-refractivity contribution in [3.63, 3.8) is 0 Å². The molecule has 0 spiro atoms. The first-order valence-electron chi connectivity index (χ1n) is 7.35. The molecule has 0 unspecified atom stereocenters. The molecular formula is C18H20O5. The molecule has 0 bridgehead atoms. The van der Waals surface area contributed by atoms with Gasteiger partial charge in [0.25, 0.3) is 0 Å². The molecule has 122 valence electrons. The second kappa shape index (κ2) is 7.65. The van der Waals surface area contributed by atoms with Crippen LogP contribution in [0.5, 0.6) is 11.5 Å². The van der Waals surface area contributed by atoms with Crippen molar-refractivity contribution >= 4 is 5.97 Å². The minimum atomic E-state index is -1.07. The third-order valence-electron chi connectivity index (χ3n) is 3.38. The van der Waals surface area contributed by atoms with E-state index >= 15 is 0 Å². The van der Waals surface area contributed by atoms with Crippen LogP contribution < -0.4 is 9.47 Å². The maximum absolute atomic E-state index is 11.2. The second-order valence-electron chi connectivity index (χ2n) is 5.34. The van der Waals surface area contributed by atoms with Crippen molar-refractivity contribution < 1.29 is 24.5 Å². The van der Waals surface area contributed by atoms with E-state index in [1.54, 1.807) is 19.9 Å². The Kier molecular flexibility index (Phi) is 5.60. The Bertz CT molecular complexity index is 652. The number of carboxylic acids is 1. The van der Waals surface area contributed by atoms with E-state index in [0.717, 1.165) is 5.56 Å². The highest BCUT2D eigenvalue weighted by Gasteiger charge is 2.14. The fraction of sp³-hybridized carbons (Fsp3) is 0.278. The van der Waals surface area contributed by atoms with Gasteiger partial charge in [-0.2, -0.15) is 0 Å². The van der Waals surface area contributed by atoms with Crippen LogP contribution in [-0.4, -0.2) is 28.4 Å². The van der Waals surface area contributed by atoms with Gasteiger partial charge in [-0.1, -0.05) is 30.3 Å². The second-order valence-corrected chi connectivity index (χ2v) is 5.34. The lowest BCUT2D eigenvalue weighted by Crippen LogP contribution is -2.25. The van der Waals surface area contributed by atoms with Crippen LogP contribution in [0.1, 0.15) is 29.8 Å². The van der Waals surface area contributed by atoms with Crippen LogP contribution in [-0.2, 0) is 6.61 Å². The molecule has 5 heteroatoms. The predicted octanol–water partition coefficient (Wildman–Crippen LogP) is 3.11. The number of rotatable bonds is 7. The van der Waals surface area contributed by atoms with E-state index in [1.165, 1.54) is 12.1 Å². The Morgan fingerprint density at radius 1 is 1.09 bits per heavy atom. The highest BCUT2D eigenvalue weighted by atomic mass is 16.5. The molecule has 5 nitrogen and oxygen atoms in total. The summed E-state index contributed by atoms with van der Waals surface area (Å²) < 4.78 is 11.2. The summed E-state index contributed by atoms with van der Waals surface area (Å²) in [5, 5.41) is 18.7. The molecule has 0 heterocycles. The number of carbonyl (C=O) groups is 1. The van der Waals surface area contributed by atoms with Gasteiger partial charge in [-0.05, 0) is 31.5 Å². The zero-order valence-electron chi connectivity index (χ0n) is 13.1. The van der Waals surface area contributed by atoms with E-state index in [4.69, 9.17) is 9.47 Å². The summed E-state index contributed by atoms with van der Waals surface area (Å²) in [4.78, 5) is 11.2. The monoisotopic (exact) mass is 316 g/mol. The third-order valence-corrected chi connectivity index (χ3v) is 3.38. The lowest BCUT2D eigenvalue weighted by molar-refractivity contribution is 0.0598. The number of aromatic carboxylic acids is 1. The summed E-state index contributed by atoms with van der Waals surface area (Å²) in [6.07, 6.45) is -1.13. The predicted molar refractivity (Wildman–Crippen MR) is 85.9 cm³/mol. The quantitative estimate of drug-likeness (QED) is 0.821. The zero-order chi connectivity index (χ0) is 16.8. The molecule has 0 radical (unpaired) electrons. The first kappa shape index (κ1) is 16.8. The van der Waals surface area contributed by atoms with Crippen molar-refractivity contribution in [2.45, 2.75) is 32.7 Å². The summed E-state index contributed by atoms with van der Waals surface area (Å²) in [5.74, 6) is -0.312. The van der Waals surface area contributed by atoms with Crippen LogP contribution in [0.15, 0.2) is 48.5 Å². The fourth-order valence-electron chi connectivity index (χ4n) is 1.90. The molecule has 0 amide bonds. The Hall–Kier alpha value is -2.53. The highest BCUT2D eigenvalue weighted by Crippen LogP contribution is 2.25. The fourth-order valence-corrected chi connectivity index (χ4v) is 1.90. The smallest absolute Gasteiger partial charge is 0.335 e. The number of benzene rings is 2. The summed E-state index contributed by atoms with van der Waals surface area (Å²) in [5.41, 5.74) is 1.05. The van der Waals surface area contributed by atoms with E-state index in [9.17, 15) is 15.0 Å². The molecule has 2 rings (SSSR count). The molecule has 2 N–H and O–H groups in total. The average molecular weight is 316 g/mol. The molecular weight excluding hydrogens is 296 g/mol. The normalized spacial score (nSPS) is 13.2. The number of hydrogen-bond donors (Lipinski definition) is 2. The van der Waals surface area contributed by atoms with Gasteiger partial charge in [0.15, 0.2) is 0 Å². The first-order valence-corrected chi connectivity index (χ1v) is 7.35. The number of aliphatic hydroxyl groups excluding tert-OH is 1. The van der Waals surface area contributed by atoms with Crippen LogP contribution in [0.25, 0.3) is 0 Å². The molecule has 0 saturated heterocycles. The van der Waals surface area contributed by atoms with Gasteiger partial charge in [-0.15, -0.1) is 0 Å². The molecule has 2 aromatic rings. The molecule has 0 aromatic heterocycles. The van der Waals surface area contributed by atoms with E-state index in [-0.39, 0.29) is 5.56 Å². The Labute approximate surface area is 135 Å². The third kappa shape index (κ3) is 5.00. The molecule has 2 atom stereocenters. The molecule has 23 heavy (non-hydrogen) atoms. The number of ether oxygens (including phenoxy) is 2. The topological polar surface area (TPSA) is 76.0 Å². The van der Waals surface area contributed by atoms with Crippen molar-refractivity contribution in [3.05, 3.63) is 59.7 Å². The van der Waals surface area contributed by atoms with E-state index in [0.29, 0.717) is 18.1 Å². The van der Waals surface area contributed by atoms with Gasteiger partial charge in [0.1, 0.15) is 24.2 Å². The summed E-state index contributed by atoms with van der Waals surface area (Å²) in [6.45, 7) is 3.65. The summed E-state index contributed by atoms with van der Waals surface area (Å²) in [7, 11) is 0. The van der Waals surface area contributed by atoms with Crippen molar-refractivity contribution in [1.82, 2.24) is 0 Å². The molecule has 0 aliphatic rings. The van der Waals surface area contributed by atoms with Crippen molar-refractivity contribution in [2.75, 3.05) is 0 Å². The number of aliphatic hydroxyl groups is 1. The van der Waals surface area contributed by atoms with E-state index < -0.39 is 18.2 Å². The van der Waals surface area contributed by atoms with Gasteiger partial charge in [0.05, 0.1) is 11.7 Å². The van der Waals surface area contributed by atoms with Gasteiger partial charge in [-0.25, -0.2) is 4.79 Å². The van der Waals surface area contributed by atoms with Crippen LogP contribution >= 0.6 is 0 Å². The van der Waals surface area contributed by atoms with Gasteiger partial charge in [0.2, 0.25) is 0 Å². The van der Waals surface area contributed by atoms with Crippen LogP contribution in [0, 0.1) is 0 Å². The highest BCUT2D eigenvalue weighted by molar-refractivity contribution is 5.88. The minimum absolute atomic E-state index is 0.0726. The molecule has 0 saturated carbocycles. The zero-order valence-corrected chi connectivity index (χ0v) is 13.1. The lowest BCUT2D eigenvalue weighted by Gasteiger charge is -2.18. The van der Waals surface area contributed by atoms with Crippen molar-refractivity contribution in [1.29, 1.82) is 0 Å². The van der Waals surface area contributed by atoms with Crippen molar-refractivity contribution in [2.24, 2.45) is 0 Å². The summed E-state index contributed by atoms with van der Waals surface area (Å²) >= 11 is 0. The maximum Gasteiger partial charge on any atom is 0.335 e. The maximum atomic E-state index is 11.2. The number of carboxylic acid groups (broad SMARTS) is 1. The van der Waals surface area contributed by atoms with Crippen molar-refractivity contribution in [3.8, 4) is 11.5 Å². The summed E-state index contributed by atoms with van der Waals surface area (Å²) in [6, 6.07) is 14.1. The van der Waals surface area contributed by atoms with Gasteiger partial charge < -0.3 is 19.7 Å². The first-order chi connectivity index (χ1) is 11.0. The molecule has 0 aliphatic heterocycles. The van der Waals surface area contributed by atoms with E-state index in [1.807, 2.05) is 30.3 Å². The Balaban J connectivity index is 2.17. The molecule has 2 aromatic carbocycles. The SMILES string of the molecule is C[C@H](O)[C@H](C)Oc1cc(OCc2ccccc2)cc(C(=O)O)c1. The van der Waals surface area contributed by atoms with Gasteiger partial charge >= 0.3 is 5.97 Å². The minimum Gasteiger partial charge on any atom is -0.489 e. The molecule has 0 fully saturated rings. The largest absolute Gasteiger partial charge is 0.489 e. The van der Waals surface area contributed by atoms with Gasteiger partial charge in [-0.3, -0.25) is 0 Å². The molecule has 0 aliphatic carbocycles. The Morgan fingerprint density at radius 2 is 1.74 bits per heavy atom. The van der Waals surface area contributed by atoms with Crippen LogP contribution in [0.4, 0.5) is 0 Å². The Morgan fingerprint density at radius 3 is 2.35 bits per heavy atom. The van der Waals surface area contributed by atoms with Crippen LogP contribution in [0.2, 0.25) is 0 Å². The number of hydrogen-bond acceptors (Lipinski definition) is 4. The van der Waals surface area contributed by atoms with E-state index in [2.05, 4.69) is 0 Å². The lowest BCUT2D eigenvalue weighted by atomic mass is 10.2.